The van der Waals surface area contributed by atoms with Gasteiger partial charge in [0.25, 0.3) is 0 Å². The molecule has 6 nitrogen and oxygen atoms in total. The molecule has 0 rings (SSSR count). The molecule has 0 atom stereocenters. The molecule has 0 aromatic rings. The average molecular weight is 381 g/mol. The van der Waals surface area contributed by atoms with Crippen LogP contribution < -0.4 is 14.9 Å². The average Bonchev–Trinajstić information content (AvgIpc) is 2.15. The van der Waals surface area contributed by atoms with E-state index in [4.69, 9.17) is 5.11 Å². The molecule has 0 aliphatic heterocycles. The monoisotopic (exact) mass is 381 g/mol. The molecule has 0 spiro atoms. The molecule has 0 bridgehead atoms. The van der Waals surface area contributed by atoms with Gasteiger partial charge in [-0.3, -0.25) is 0 Å². The fraction of sp³-hybridized carbons (Fsp3) is 1.00. The van der Waals surface area contributed by atoms with Crippen LogP contribution in [-0.2, 0) is 30.8 Å². The molecule has 9 heteroatoms. The zero-order valence-electron chi connectivity index (χ0n) is 14.1. The van der Waals surface area contributed by atoms with Gasteiger partial charge >= 0.3 is 21.7 Å². The van der Waals surface area contributed by atoms with Crippen molar-refractivity contribution in [2.24, 2.45) is 0 Å². The van der Waals surface area contributed by atoms with Crippen LogP contribution in [0.2, 0.25) is 0 Å². The van der Waals surface area contributed by atoms with Gasteiger partial charge < -0.3 is 29.1 Å². The summed E-state index contributed by atoms with van der Waals surface area (Å²) in [5, 5.41) is 17.6. The van der Waals surface area contributed by atoms with E-state index >= 15 is 0 Å². The molecule has 0 aliphatic carbocycles. The van der Waals surface area contributed by atoms with Gasteiger partial charge in [0.2, 0.25) is 0 Å². The molecule has 1 N–H and O–H groups in total. The molecule has 21 heavy (non-hydrogen) atoms. The minimum Gasteiger partial charge on any atom is -0.854 e. The summed E-state index contributed by atoms with van der Waals surface area (Å²) in [4.78, 5) is 19.3. The summed E-state index contributed by atoms with van der Waals surface area (Å²) >= 11 is 0. The topological polar surface area (TPSA) is 124 Å². The Labute approximate surface area is 145 Å². The third-order valence-electron chi connectivity index (χ3n) is 1.01. The second kappa shape index (κ2) is 23.3. The molecule has 0 heterocycles. The SMILES string of the molecule is CCCCO.CCCC[O-].CP(C)(=O)[O-].CP(C)(=O)[O-].[Ti+3]. The summed E-state index contributed by atoms with van der Waals surface area (Å²) in [6.07, 6.45) is 3.90. The second-order valence-corrected chi connectivity index (χ2v) is 9.65. The summed E-state index contributed by atoms with van der Waals surface area (Å²) in [5.74, 6) is 0. The van der Waals surface area contributed by atoms with E-state index in [9.17, 15) is 24.0 Å². The predicted molar refractivity (Wildman–Crippen MR) is 80.7 cm³/mol. The Kier molecular flexibility index (Phi) is 37.2. The summed E-state index contributed by atoms with van der Waals surface area (Å²) < 4.78 is 19.3. The van der Waals surface area contributed by atoms with Crippen molar-refractivity contribution in [3.63, 3.8) is 0 Å². The molecule has 1 radical (unpaired) electrons. The number of hydrogen-bond donors (Lipinski definition) is 1. The van der Waals surface area contributed by atoms with Gasteiger partial charge in [0, 0.05) is 21.3 Å². The van der Waals surface area contributed by atoms with Crippen LogP contribution in [0.4, 0.5) is 0 Å². The number of aliphatic hydroxyl groups excluding tert-OH is 1. The normalized spacial score (nSPS) is 9.62. The molecule has 0 saturated heterocycles. The molecule has 0 aliphatic rings. The van der Waals surface area contributed by atoms with Crippen LogP contribution in [0.25, 0.3) is 0 Å². The third-order valence-corrected chi connectivity index (χ3v) is 1.01. The number of hydrogen-bond acceptors (Lipinski definition) is 6. The standard InChI is InChI=1S/C4H10O.C4H9O.2C2H7O2P.Ti/c2*1-2-3-4-5;2*1-5(2,3)4;/h5H,2-4H2,1H3;2-4H2,1H3;2*1-2H3,(H,3,4);/q;-1;;;+3/p-2. The maximum Gasteiger partial charge on any atom is 3.00 e. The van der Waals surface area contributed by atoms with Crippen LogP contribution in [0.3, 0.4) is 0 Å². The van der Waals surface area contributed by atoms with E-state index in [0.717, 1.165) is 25.7 Å². The van der Waals surface area contributed by atoms with Crippen LogP contribution in [0, 0.1) is 0 Å². The molecular weight excluding hydrogens is 350 g/mol. The zero-order chi connectivity index (χ0) is 17.2. The van der Waals surface area contributed by atoms with Gasteiger partial charge in [-0.15, -0.1) is 6.61 Å². The van der Waals surface area contributed by atoms with Crippen molar-refractivity contribution in [3.8, 4) is 0 Å². The zero-order valence-corrected chi connectivity index (χ0v) is 17.5. The van der Waals surface area contributed by atoms with Crippen LogP contribution in [0.1, 0.15) is 39.5 Å². The molecule has 129 valence electrons. The first-order valence-electron chi connectivity index (χ1n) is 6.54. The summed E-state index contributed by atoms with van der Waals surface area (Å²) in [6.45, 7) is 9.25. The third kappa shape index (κ3) is 302. The van der Waals surface area contributed by atoms with E-state index in [1.807, 2.05) is 6.92 Å². The molecule has 0 unspecified atom stereocenters. The molecule has 0 amide bonds. The van der Waals surface area contributed by atoms with Gasteiger partial charge in [-0.05, 0) is 33.1 Å². The van der Waals surface area contributed by atoms with E-state index in [1.165, 1.54) is 26.7 Å². The van der Waals surface area contributed by atoms with Crippen molar-refractivity contribution in [2.45, 2.75) is 39.5 Å². The van der Waals surface area contributed by atoms with Crippen LogP contribution >= 0.6 is 14.7 Å². The second-order valence-electron chi connectivity index (χ2n) is 4.64. The first kappa shape index (κ1) is 33.6. The maximum atomic E-state index is 9.66. The van der Waals surface area contributed by atoms with Crippen molar-refractivity contribution in [1.29, 1.82) is 0 Å². The van der Waals surface area contributed by atoms with Gasteiger partial charge in [-0.1, -0.05) is 33.1 Å². The fourth-order valence-electron chi connectivity index (χ4n) is 0.302. The smallest absolute Gasteiger partial charge is 0.854 e. The number of rotatable bonds is 4. The quantitative estimate of drug-likeness (QED) is 0.565. The van der Waals surface area contributed by atoms with Gasteiger partial charge in [-0.2, -0.15) is 0 Å². The van der Waals surface area contributed by atoms with Crippen molar-refractivity contribution < 1.29 is 50.8 Å². The first-order valence-corrected chi connectivity index (χ1v) is 11.6. The first-order chi connectivity index (χ1) is 8.83. The number of unbranched alkanes of at least 4 members (excludes halogenated alkanes) is 2. The fourth-order valence-corrected chi connectivity index (χ4v) is 0.302. The largest absolute Gasteiger partial charge is 3.00 e. The predicted octanol–water partition coefficient (Wildman–Crippen LogP) is 0.692. The molecule has 0 fully saturated rings. The summed E-state index contributed by atoms with van der Waals surface area (Å²) in [6, 6.07) is 0. The van der Waals surface area contributed by atoms with E-state index < -0.39 is 14.7 Å². The Morgan fingerprint density at radius 1 is 0.857 bits per heavy atom. The Hall–Kier alpha value is 1.01. The Morgan fingerprint density at radius 3 is 1.10 bits per heavy atom. The van der Waals surface area contributed by atoms with Crippen molar-refractivity contribution in [3.05, 3.63) is 0 Å². The van der Waals surface area contributed by atoms with E-state index in [2.05, 4.69) is 6.92 Å². The van der Waals surface area contributed by atoms with E-state index in [1.54, 1.807) is 0 Å². The van der Waals surface area contributed by atoms with Crippen LogP contribution in [0.15, 0.2) is 0 Å². The Bertz CT molecular complexity index is 206. The van der Waals surface area contributed by atoms with Crippen molar-refractivity contribution in [2.75, 3.05) is 39.9 Å². The Morgan fingerprint density at radius 2 is 1.10 bits per heavy atom. The van der Waals surface area contributed by atoms with Gasteiger partial charge in [0.15, 0.2) is 0 Å². The summed E-state index contributed by atoms with van der Waals surface area (Å²) in [5.41, 5.74) is 0. The van der Waals surface area contributed by atoms with E-state index in [0.29, 0.717) is 6.61 Å². The number of aliphatic hydroxyl groups is 1. The molecule has 0 aromatic carbocycles. The minimum absolute atomic E-state index is 0. The van der Waals surface area contributed by atoms with Gasteiger partial charge in [0.1, 0.15) is 0 Å². The molecular formula is C12H31O6P2Ti. The van der Waals surface area contributed by atoms with Gasteiger partial charge in [-0.25, -0.2) is 0 Å². The van der Waals surface area contributed by atoms with Crippen LogP contribution in [0.5, 0.6) is 0 Å². The maximum absolute atomic E-state index is 9.66. The van der Waals surface area contributed by atoms with Gasteiger partial charge in [0.05, 0.1) is 0 Å². The van der Waals surface area contributed by atoms with Crippen molar-refractivity contribution >= 4 is 14.7 Å². The van der Waals surface area contributed by atoms with E-state index in [-0.39, 0.29) is 28.3 Å². The van der Waals surface area contributed by atoms with Crippen molar-refractivity contribution in [1.82, 2.24) is 0 Å². The van der Waals surface area contributed by atoms with Crippen LogP contribution in [-0.4, -0.2) is 45.0 Å². The Balaban J connectivity index is -0.0000000533. The minimum atomic E-state index is -2.89. The summed E-state index contributed by atoms with van der Waals surface area (Å²) in [7, 11) is -5.78. The molecule has 0 saturated carbocycles. The molecule has 0 aromatic heterocycles.